The van der Waals surface area contributed by atoms with Gasteiger partial charge >= 0.3 is 5.97 Å². The van der Waals surface area contributed by atoms with Crippen LogP contribution in [0.4, 0.5) is 0 Å². The molecule has 1 amide bonds. The smallest absolute Gasteiger partial charge is 0.319 e. The molecule has 0 bridgehead atoms. The van der Waals surface area contributed by atoms with Gasteiger partial charge in [0.25, 0.3) is 0 Å². The second kappa shape index (κ2) is 5.77. The fourth-order valence-corrected chi connectivity index (χ4v) is 1.83. The standard InChI is InChI=1S/C11H17NO5/c1-3-17-11(16)9(6(2)13)10(15)7-4-5-8(14)12-7/h6-7,9,13H,3-5H2,1-2H3,(H,12,14)/t6?,7-,9?/m0/s1. The van der Waals surface area contributed by atoms with Gasteiger partial charge in [-0.05, 0) is 20.3 Å². The number of amides is 1. The predicted molar refractivity (Wildman–Crippen MR) is 58.0 cm³/mol. The lowest BCUT2D eigenvalue weighted by Gasteiger charge is -2.20. The van der Waals surface area contributed by atoms with Crippen LogP contribution in [0.25, 0.3) is 0 Å². The minimum Gasteiger partial charge on any atom is -0.465 e. The Morgan fingerprint density at radius 3 is 2.65 bits per heavy atom. The zero-order chi connectivity index (χ0) is 13.0. The number of carbonyl (C=O) groups is 3. The van der Waals surface area contributed by atoms with Gasteiger partial charge in [-0.15, -0.1) is 0 Å². The molecule has 1 aliphatic rings. The molecule has 2 N–H and O–H groups in total. The summed E-state index contributed by atoms with van der Waals surface area (Å²) in [7, 11) is 0. The summed E-state index contributed by atoms with van der Waals surface area (Å²) >= 11 is 0. The van der Waals surface area contributed by atoms with Crippen molar-refractivity contribution in [1.82, 2.24) is 5.32 Å². The normalized spacial score (nSPS) is 22.8. The van der Waals surface area contributed by atoms with Crippen molar-refractivity contribution in [3.8, 4) is 0 Å². The third kappa shape index (κ3) is 3.26. The summed E-state index contributed by atoms with van der Waals surface area (Å²) in [5, 5.41) is 12.0. The predicted octanol–water partition coefficient (Wildman–Crippen LogP) is -0.606. The molecule has 0 aromatic rings. The van der Waals surface area contributed by atoms with Gasteiger partial charge in [0.05, 0.1) is 18.8 Å². The summed E-state index contributed by atoms with van der Waals surface area (Å²) in [5.41, 5.74) is 0. The highest BCUT2D eigenvalue weighted by Crippen LogP contribution is 2.16. The van der Waals surface area contributed by atoms with Crippen LogP contribution in [0.1, 0.15) is 26.7 Å². The molecule has 3 atom stereocenters. The van der Waals surface area contributed by atoms with Gasteiger partial charge in [0.2, 0.25) is 5.91 Å². The molecule has 0 spiro atoms. The van der Waals surface area contributed by atoms with E-state index in [4.69, 9.17) is 4.74 Å². The average Bonchev–Trinajstić information content (AvgIpc) is 2.64. The van der Waals surface area contributed by atoms with Gasteiger partial charge in [0, 0.05) is 6.42 Å². The lowest BCUT2D eigenvalue weighted by molar-refractivity contribution is -0.156. The average molecular weight is 243 g/mol. The van der Waals surface area contributed by atoms with Crippen molar-refractivity contribution in [1.29, 1.82) is 0 Å². The van der Waals surface area contributed by atoms with Crippen LogP contribution in [0, 0.1) is 5.92 Å². The molecule has 0 aromatic heterocycles. The van der Waals surface area contributed by atoms with Crippen LogP contribution >= 0.6 is 0 Å². The third-order valence-electron chi connectivity index (χ3n) is 2.67. The maximum atomic E-state index is 12.0. The lowest BCUT2D eigenvalue weighted by atomic mass is 9.93. The molecule has 17 heavy (non-hydrogen) atoms. The highest BCUT2D eigenvalue weighted by atomic mass is 16.5. The van der Waals surface area contributed by atoms with Crippen molar-refractivity contribution in [2.75, 3.05) is 6.61 Å². The number of ether oxygens (including phenoxy) is 1. The number of esters is 1. The van der Waals surface area contributed by atoms with Gasteiger partial charge in [-0.1, -0.05) is 0 Å². The highest BCUT2D eigenvalue weighted by Gasteiger charge is 2.39. The van der Waals surface area contributed by atoms with Crippen molar-refractivity contribution >= 4 is 17.7 Å². The van der Waals surface area contributed by atoms with Gasteiger partial charge in [-0.25, -0.2) is 0 Å². The molecular weight excluding hydrogens is 226 g/mol. The minimum absolute atomic E-state index is 0.145. The number of rotatable bonds is 5. The fourth-order valence-electron chi connectivity index (χ4n) is 1.83. The monoisotopic (exact) mass is 243 g/mol. The summed E-state index contributed by atoms with van der Waals surface area (Å²) in [4.78, 5) is 34.5. The van der Waals surface area contributed by atoms with Gasteiger partial charge in [-0.3, -0.25) is 14.4 Å². The lowest BCUT2D eigenvalue weighted by Crippen LogP contribution is -2.44. The van der Waals surface area contributed by atoms with Gasteiger partial charge < -0.3 is 15.2 Å². The van der Waals surface area contributed by atoms with Gasteiger partial charge in [-0.2, -0.15) is 0 Å². The van der Waals surface area contributed by atoms with E-state index in [9.17, 15) is 19.5 Å². The number of aliphatic hydroxyl groups excluding tert-OH is 1. The largest absolute Gasteiger partial charge is 0.465 e. The van der Waals surface area contributed by atoms with Crippen LogP contribution in [-0.4, -0.2) is 41.5 Å². The van der Waals surface area contributed by atoms with Crippen molar-refractivity contribution in [2.24, 2.45) is 5.92 Å². The Labute approximate surface area is 99.3 Å². The molecule has 0 saturated carbocycles. The van der Waals surface area contributed by atoms with Crippen LogP contribution in [0.2, 0.25) is 0 Å². The summed E-state index contributed by atoms with van der Waals surface area (Å²) in [6, 6.07) is -0.688. The van der Waals surface area contributed by atoms with E-state index in [1.165, 1.54) is 6.92 Å². The number of ketones is 1. The number of hydrogen-bond donors (Lipinski definition) is 2. The molecule has 96 valence electrons. The molecule has 1 heterocycles. The summed E-state index contributed by atoms with van der Waals surface area (Å²) in [6.07, 6.45) is -0.495. The van der Waals surface area contributed by atoms with Crippen LogP contribution in [0.3, 0.4) is 0 Å². The Hall–Kier alpha value is -1.43. The van der Waals surface area contributed by atoms with E-state index >= 15 is 0 Å². The molecular formula is C11H17NO5. The second-order valence-electron chi connectivity index (χ2n) is 4.03. The molecule has 1 rings (SSSR count). The molecule has 0 radical (unpaired) electrons. The summed E-state index contributed by atoms with van der Waals surface area (Å²) < 4.78 is 4.74. The Morgan fingerprint density at radius 1 is 1.59 bits per heavy atom. The molecule has 1 aliphatic heterocycles. The first-order valence-electron chi connectivity index (χ1n) is 5.65. The first-order chi connectivity index (χ1) is 7.97. The van der Waals surface area contributed by atoms with Gasteiger partial charge in [0.15, 0.2) is 5.78 Å². The number of nitrogens with one attached hydrogen (secondary N) is 1. The number of carbonyl (C=O) groups excluding carboxylic acids is 3. The number of aliphatic hydroxyl groups is 1. The summed E-state index contributed by atoms with van der Waals surface area (Å²) in [6.45, 7) is 3.13. The Morgan fingerprint density at radius 2 is 2.24 bits per heavy atom. The van der Waals surface area contributed by atoms with Crippen LogP contribution in [0.15, 0.2) is 0 Å². The Balaban J connectivity index is 2.73. The molecule has 6 nitrogen and oxygen atoms in total. The van der Waals surface area contributed by atoms with E-state index in [2.05, 4.69) is 5.32 Å². The zero-order valence-electron chi connectivity index (χ0n) is 9.93. The maximum absolute atomic E-state index is 12.0. The molecule has 2 unspecified atom stereocenters. The van der Waals surface area contributed by atoms with Gasteiger partial charge in [0.1, 0.15) is 5.92 Å². The second-order valence-corrected chi connectivity index (χ2v) is 4.03. The molecule has 0 aromatic carbocycles. The van der Waals surface area contributed by atoms with E-state index in [1.807, 2.05) is 0 Å². The molecule has 0 aliphatic carbocycles. The van der Waals surface area contributed by atoms with E-state index in [1.54, 1.807) is 6.92 Å². The fraction of sp³-hybridized carbons (Fsp3) is 0.727. The van der Waals surface area contributed by atoms with E-state index in [-0.39, 0.29) is 18.9 Å². The van der Waals surface area contributed by atoms with Crippen molar-refractivity contribution in [2.45, 2.75) is 38.8 Å². The quantitative estimate of drug-likeness (QED) is 0.496. The number of Topliss-reactive ketones (excluding diaryl/α,β-unsaturated/α-hetero) is 1. The van der Waals surface area contributed by atoms with Crippen molar-refractivity contribution in [3.63, 3.8) is 0 Å². The first kappa shape index (κ1) is 13.6. The zero-order valence-corrected chi connectivity index (χ0v) is 9.93. The molecule has 6 heteroatoms. The topological polar surface area (TPSA) is 92.7 Å². The van der Waals surface area contributed by atoms with E-state index in [0.717, 1.165) is 0 Å². The SMILES string of the molecule is CCOC(=O)C(C(=O)[C@@H]1CCC(=O)N1)C(C)O. The number of hydrogen-bond acceptors (Lipinski definition) is 5. The Bertz CT molecular complexity index is 326. The molecule has 1 saturated heterocycles. The van der Waals surface area contributed by atoms with Crippen LogP contribution in [-0.2, 0) is 19.1 Å². The minimum atomic E-state index is -1.22. The van der Waals surface area contributed by atoms with Crippen LogP contribution in [0.5, 0.6) is 0 Å². The van der Waals surface area contributed by atoms with Crippen molar-refractivity contribution < 1.29 is 24.2 Å². The molecule has 1 fully saturated rings. The maximum Gasteiger partial charge on any atom is 0.319 e. The Kier molecular flexibility index (Phi) is 4.62. The highest BCUT2D eigenvalue weighted by molar-refractivity contribution is 6.04. The third-order valence-corrected chi connectivity index (χ3v) is 2.67. The first-order valence-corrected chi connectivity index (χ1v) is 5.65. The van der Waals surface area contributed by atoms with E-state index in [0.29, 0.717) is 6.42 Å². The van der Waals surface area contributed by atoms with Crippen LogP contribution < -0.4 is 5.32 Å². The summed E-state index contributed by atoms with van der Waals surface area (Å²) in [5.74, 6) is -2.66. The van der Waals surface area contributed by atoms with E-state index < -0.39 is 29.8 Å². The van der Waals surface area contributed by atoms with Crippen molar-refractivity contribution in [3.05, 3.63) is 0 Å².